The van der Waals surface area contributed by atoms with Crippen molar-refractivity contribution in [3.8, 4) is 0 Å². The van der Waals surface area contributed by atoms with Gasteiger partial charge >= 0.3 is 0 Å². The van der Waals surface area contributed by atoms with Crippen molar-refractivity contribution < 1.29 is 18.4 Å². The molecule has 0 saturated heterocycles. The molecule has 1 aromatic heterocycles. The van der Waals surface area contributed by atoms with Crippen LogP contribution in [0.5, 0.6) is 0 Å². The van der Waals surface area contributed by atoms with Gasteiger partial charge in [-0.2, -0.15) is 0 Å². The van der Waals surface area contributed by atoms with Crippen molar-refractivity contribution in [1.82, 2.24) is 9.88 Å². The van der Waals surface area contributed by atoms with Gasteiger partial charge < -0.3 is 10.6 Å². The molecule has 0 fully saturated rings. The fraction of sp³-hybridized carbons (Fsp3) is 0.208. The lowest BCUT2D eigenvalue weighted by molar-refractivity contribution is -0.116. The molecule has 0 aliphatic carbocycles. The fourth-order valence-electron chi connectivity index (χ4n) is 3.11. The zero-order chi connectivity index (χ0) is 23.3. The summed E-state index contributed by atoms with van der Waals surface area (Å²) in [6.45, 7) is 3.54. The summed E-state index contributed by atoms with van der Waals surface area (Å²) < 4.78 is 27.9. The summed E-state index contributed by atoms with van der Waals surface area (Å²) in [7, 11) is 0. The number of carbonyl (C=O) groups excluding carboxylic acids is 2. The Bertz CT molecular complexity index is 1190. The van der Waals surface area contributed by atoms with Gasteiger partial charge in [-0.25, -0.2) is 8.78 Å². The molecule has 3 rings (SSSR count). The molecule has 6 nitrogen and oxygen atoms in total. The second-order valence-corrected chi connectivity index (χ2v) is 7.58. The first-order valence-corrected chi connectivity index (χ1v) is 10.1. The fourth-order valence-corrected chi connectivity index (χ4v) is 3.11. The van der Waals surface area contributed by atoms with Crippen molar-refractivity contribution in [2.75, 3.05) is 5.32 Å². The van der Waals surface area contributed by atoms with E-state index >= 15 is 0 Å². The van der Waals surface area contributed by atoms with Gasteiger partial charge in [-0.1, -0.05) is 38.1 Å². The molecule has 0 spiro atoms. The Morgan fingerprint density at radius 2 is 1.72 bits per heavy atom. The highest BCUT2D eigenvalue weighted by molar-refractivity contribution is 5.94. The number of nitrogens with one attached hydrogen (secondary N) is 2. The van der Waals surface area contributed by atoms with E-state index in [0.29, 0.717) is 11.6 Å². The van der Waals surface area contributed by atoms with Crippen LogP contribution in [-0.2, 0) is 17.9 Å². The molecule has 0 bridgehead atoms. The van der Waals surface area contributed by atoms with Crippen molar-refractivity contribution in [3.05, 3.63) is 99.5 Å². The van der Waals surface area contributed by atoms with E-state index in [1.54, 1.807) is 12.1 Å². The lowest BCUT2D eigenvalue weighted by Crippen LogP contribution is -2.34. The van der Waals surface area contributed by atoms with Crippen molar-refractivity contribution in [3.63, 3.8) is 0 Å². The number of rotatable bonds is 7. The third kappa shape index (κ3) is 5.66. The molecule has 0 aliphatic rings. The number of hydrogen-bond acceptors (Lipinski definition) is 3. The van der Waals surface area contributed by atoms with Crippen molar-refractivity contribution in [2.45, 2.75) is 32.9 Å². The molecule has 2 aromatic carbocycles. The number of aromatic nitrogens is 1. The van der Waals surface area contributed by atoms with E-state index in [1.807, 2.05) is 12.1 Å². The Balaban J connectivity index is 1.71. The van der Waals surface area contributed by atoms with Crippen LogP contribution < -0.4 is 16.2 Å². The molecule has 0 radical (unpaired) electrons. The second kappa shape index (κ2) is 10.00. The smallest absolute Gasteiger partial charge is 0.268 e. The van der Waals surface area contributed by atoms with E-state index in [9.17, 15) is 23.2 Å². The predicted octanol–water partition coefficient (Wildman–Crippen LogP) is 3.82. The molecule has 0 aliphatic heterocycles. The first kappa shape index (κ1) is 22.9. The van der Waals surface area contributed by atoms with Gasteiger partial charge in [0.1, 0.15) is 23.9 Å². The lowest BCUT2D eigenvalue weighted by atomic mass is 10.0. The molecule has 0 unspecified atom stereocenters. The molecule has 32 heavy (non-hydrogen) atoms. The first-order chi connectivity index (χ1) is 15.2. The van der Waals surface area contributed by atoms with Crippen molar-refractivity contribution in [1.29, 1.82) is 0 Å². The topological polar surface area (TPSA) is 80.2 Å². The monoisotopic (exact) mass is 439 g/mol. The third-order valence-electron chi connectivity index (χ3n) is 4.90. The van der Waals surface area contributed by atoms with Gasteiger partial charge in [0.15, 0.2) is 0 Å². The van der Waals surface area contributed by atoms with Crippen LogP contribution in [0.1, 0.15) is 41.4 Å². The number of anilines is 1. The molecule has 3 aromatic rings. The van der Waals surface area contributed by atoms with Crippen LogP contribution in [0.4, 0.5) is 14.5 Å². The van der Waals surface area contributed by atoms with E-state index in [1.165, 1.54) is 24.3 Å². The summed E-state index contributed by atoms with van der Waals surface area (Å²) in [5, 5.41) is 5.20. The highest BCUT2D eigenvalue weighted by Gasteiger charge is 2.16. The number of amides is 2. The van der Waals surface area contributed by atoms with Crippen LogP contribution >= 0.6 is 0 Å². The minimum atomic E-state index is -0.793. The van der Waals surface area contributed by atoms with Gasteiger partial charge in [-0.3, -0.25) is 19.0 Å². The minimum Gasteiger partial charge on any atom is -0.347 e. The van der Waals surface area contributed by atoms with Crippen LogP contribution in [0.3, 0.4) is 0 Å². The Morgan fingerprint density at radius 1 is 1.00 bits per heavy atom. The van der Waals surface area contributed by atoms with Gasteiger partial charge in [0, 0.05) is 29.9 Å². The Hall–Kier alpha value is -3.81. The molecule has 2 amide bonds. The van der Waals surface area contributed by atoms with Gasteiger partial charge in [0.25, 0.3) is 11.5 Å². The van der Waals surface area contributed by atoms with Crippen LogP contribution in [0.25, 0.3) is 0 Å². The average Bonchev–Trinajstić information content (AvgIpc) is 2.74. The lowest BCUT2D eigenvalue weighted by Gasteiger charge is -2.13. The maximum Gasteiger partial charge on any atom is 0.268 e. The van der Waals surface area contributed by atoms with E-state index < -0.39 is 29.0 Å². The van der Waals surface area contributed by atoms with E-state index in [2.05, 4.69) is 24.5 Å². The SMILES string of the molecule is CC(C)c1ccc(NC(=O)Cn2c(C(=O)NCc3ccc(F)cc3F)cccc2=O)cc1. The standard InChI is InChI=1S/C24H23F2N3O3/c1-15(2)16-7-10-19(11-8-16)28-22(30)14-29-21(4-3-5-23(29)31)24(32)27-13-17-6-9-18(25)12-20(17)26/h3-12,15H,13-14H2,1-2H3,(H,27,32)(H,28,30). The van der Waals surface area contributed by atoms with E-state index in [4.69, 9.17) is 0 Å². The number of pyridine rings is 1. The number of hydrogen-bond donors (Lipinski definition) is 2. The Labute approximate surface area is 183 Å². The largest absolute Gasteiger partial charge is 0.347 e. The molecule has 166 valence electrons. The summed E-state index contributed by atoms with van der Waals surface area (Å²) in [6.07, 6.45) is 0. The van der Waals surface area contributed by atoms with Crippen molar-refractivity contribution >= 4 is 17.5 Å². The number of benzene rings is 2. The first-order valence-electron chi connectivity index (χ1n) is 10.1. The molecular formula is C24H23F2N3O3. The van der Waals surface area contributed by atoms with Gasteiger partial charge in [0.05, 0.1) is 0 Å². The number of halogens is 2. The second-order valence-electron chi connectivity index (χ2n) is 7.58. The van der Waals surface area contributed by atoms with Gasteiger partial charge in [-0.05, 0) is 35.7 Å². The van der Waals surface area contributed by atoms with Gasteiger partial charge in [0.2, 0.25) is 5.91 Å². The maximum atomic E-state index is 13.8. The highest BCUT2D eigenvalue weighted by Crippen LogP contribution is 2.17. The van der Waals surface area contributed by atoms with Crippen LogP contribution in [-0.4, -0.2) is 16.4 Å². The summed E-state index contributed by atoms with van der Waals surface area (Å²) in [5.41, 5.74) is 1.20. The van der Waals surface area contributed by atoms with E-state index in [0.717, 1.165) is 22.3 Å². The summed E-state index contributed by atoms with van der Waals surface area (Å²) in [6, 6.07) is 14.4. The summed E-state index contributed by atoms with van der Waals surface area (Å²) in [4.78, 5) is 37.4. The molecule has 8 heteroatoms. The molecule has 0 atom stereocenters. The van der Waals surface area contributed by atoms with Crippen LogP contribution in [0.2, 0.25) is 0 Å². The highest BCUT2D eigenvalue weighted by atomic mass is 19.1. The molecule has 2 N–H and O–H groups in total. The summed E-state index contributed by atoms with van der Waals surface area (Å²) >= 11 is 0. The molecule has 1 heterocycles. The van der Waals surface area contributed by atoms with Gasteiger partial charge in [-0.15, -0.1) is 0 Å². The van der Waals surface area contributed by atoms with Crippen LogP contribution in [0, 0.1) is 11.6 Å². The maximum absolute atomic E-state index is 13.8. The molecular weight excluding hydrogens is 416 g/mol. The van der Waals surface area contributed by atoms with Crippen molar-refractivity contribution in [2.24, 2.45) is 0 Å². The summed E-state index contributed by atoms with van der Waals surface area (Å²) in [5.74, 6) is -2.31. The quantitative estimate of drug-likeness (QED) is 0.587. The Kier molecular flexibility index (Phi) is 7.14. The average molecular weight is 439 g/mol. The predicted molar refractivity (Wildman–Crippen MR) is 117 cm³/mol. The van der Waals surface area contributed by atoms with E-state index in [-0.39, 0.29) is 24.3 Å². The Morgan fingerprint density at radius 3 is 2.38 bits per heavy atom. The zero-order valence-corrected chi connectivity index (χ0v) is 17.7. The minimum absolute atomic E-state index is 0.0506. The number of nitrogens with zero attached hydrogens (tertiary/aromatic N) is 1. The zero-order valence-electron chi connectivity index (χ0n) is 17.7. The third-order valence-corrected chi connectivity index (χ3v) is 4.90. The van der Waals surface area contributed by atoms with Crippen LogP contribution in [0.15, 0.2) is 65.5 Å². The normalized spacial score (nSPS) is 10.8. The molecule has 0 saturated carbocycles. The number of carbonyl (C=O) groups is 2.